The molecular weight excluding hydrogens is 358 g/mol. The highest BCUT2D eigenvalue weighted by molar-refractivity contribution is 6.22. The number of hydrogen-bond acceptors (Lipinski definition) is 5. The van der Waals surface area contributed by atoms with Gasteiger partial charge in [0, 0.05) is 6.07 Å². The van der Waals surface area contributed by atoms with Gasteiger partial charge in [0.1, 0.15) is 5.75 Å². The van der Waals surface area contributed by atoms with E-state index >= 15 is 0 Å². The Balaban J connectivity index is 1.30. The van der Waals surface area contributed by atoms with Crippen LogP contribution < -0.4 is 9.64 Å². The van der Waals surface area contributed by atoms with E-state index in [1.165, 1.54) is 17.2 Å². The monoisotopic (exact) mass is 375 g/mol. The molecular formula is C22H17NO5. The van der Waals surface area contributed by atoms with E-state index in [0.717, 1.165) is 6.42 Å². The lowest BCUT2D eigenvalue weighted by Crippen LogP contribution is -2.40. The van der Waals surface area contributed by atoms with E-state index < -0.39 is 5.97 Å². The van der Waals surface area contributed by atoms with E-state index in [1.807, 2.05) is 0 Å². The first kappa shape index (κ1) is 15.9. The Morgan fingerprint density at radius 2 is 1.71 bits per heavy atom. The van der Waals surface area contributed by atoms with Crippen LogP contribution in [0.2, 0.25) is 0 Å². The van der Waals surface area contributed by atoms with Crippen LogP contribution in [-0.4, -0.2) is 17.8 Å². The third-order valence-electron chi connectivity index (χ3n) is 6.67. The molecule has 6 heteroatoms. The Kier molecular flexibility index (Phi) is 3.08. The number of carbonyl (C=O) groups is 3. The van der Waals surface area contributed by atoms with Crippen molar-refractivity contribution in [3.05, 3.63) is 60.6 Å². The van der Waals surface area contributed by atoms with Crippen LogP contribution in [0.3, 0.4) is 0 Å². The largest absolute Gasteiger partial charge is 0.457 e. The van der Waals surface area contributed by atoms with Gasteiger partial charge in [-0.25, -0.2) is 9.69 Å². The molecule has 3 fully saturated rings. The van der Waals surface area contributed by atoms with Crippen LogP contribution in [0.15, 0.2) is 59.2 Å². The number of ether oxygens (including phenoxy) is 1. The molecule has 6 nitrogen and oxygen atoms in total. The summed E-state index contributed by atoms with van der Waals surface area (Å²) in [6.07, 6.45) is 6.82. The zero-order valence-corrected chi connectivity index (χ0v) is 14.9. The van der Waals surface area contributed by atoms with Crippen LogP contribution in [0.1, 0.15) is 17.0 Å². The Labute approximate surface area is 160 Å². The highest BCUT2D eigenvalue weighted by Crippen LogP contribution is 2.65. The number of carbonyl (C=O) groups excluding carboxylic acids is 3. The molecule has 2 bridgehead atoms. The van der Waals surface area contributed by atoms with Crippen molar-refractivity contribution in [3.63, 3.8) is 0 Å². The Bertz CT molecular complexity index is 1000. The van der Waals surface area contributed by atoms with Gasteiger partial charge < -0.3 is 9.15 Å². The number of hydrogen-bond donors (Lipinski definition) is 0. The van der Waals surface area contributed by atoms with E-state index in [1.54, 1.807) is 30.3 Å². The van der Waals surface area contributed by atoms with E-state index in [9.17, 15) is 14.4 Å². The number of furan rings is 1. The predicted molar refractivity (Wildman–Crippen MR) is 97.3 cm³/mol. The average molecular weight is 375 g/mol. The van der Waals surface area contributed by atoms with E-state index in [4.69, 9.17) is 9.15 Å². The average Bonchev–Trinajstić information content (AvgIpc) is 3.26. The molecule has 1 aromatic heterocycles. The fourth-order valence-electron chi connectivity index (χ4n) is 5.45. The molecule has 6 atom stereocenters. The minimum absolute atomic E-state index is 0.0895. The molecule has 6 unspecified atom stereocenters. The van der Waals surface area contributed by atoms with Crippen molar-refractivity contribution < 1.29 is 23.5 Å². The number of nitrogens with zero attached hydrogens (tertiary/aromatic N) is 1. The smallest absolute Gasteiger partial charge is 0.379 e. The molecule has 2 heterocycles. The third-order valence-corrected chi connectivity index (χ3v) is 6.67. The molecule has 1 aliphatic heterocycles. The number of benzene rings is 1. The summed E-state index contributed by atoms with van der Waals surface area (Å²) in [6, 6.07) is 9.66. The number of amides is 2. The van der Waals surface area contributed by atoms with Crippen LogP contribution in [0.25, 0.3) is 0 Å². The Morgan fingerprint density at radius 3 is 2.36 bits per heavy atom. The normalized spacial score (nSPS) is 34.4. The number of esters is 1. The van der Waals surface area contributed by atoms with Gasteiger partial charge >= 0.3 is 5.97 Å². The standard InChI is InChI=1S/C22H17NO5/c24-20-18-13-6-7-14(16-10-15(13)16)19(18)21(25)23(20)11-3-1-4-12(9-11)28-22(26)17-5-2-8-27-17/h1-9,13-16,18-19H,10H2. The molecule has 0 radical (unpaired) electrons. The first-order valence-electron chi connectivity index (χ1n) is 9.55. The number of rotatable bonds is 3. The summed E-state index contributed by atoms with van der Waals surface area (Å²) in [5, 5.41) is 0. The molecule has 7 rings (SSSR count). The highest BCUT2D eigenvalue weighted by atomic mass is 16.5. The molecule has 5 aliphatic rings. The molecule has 4 aliphatic carbocycles. The van der Waals surface area contributed by atoms with Crippen LogP contribution in [0, 0.1) is 35.5 Å². The SMILES string of the molecule is O=C(Oc1cccc(N2C(=O)C3C4C=CC(C5CC45)C3C2=O)c1)c1ccco1. The fraction of sp³-hybridized carbons (Fsp3) is 0.318. The number of anilines is 1. The maximum atomic E-state index is 13.2. The lowest BCUT2D eigenvalue weighted by atomic mass is 9.63. The summed E-state index contributed by atoms with van der Waals surface area (Å²) < 4.78 is 10.4. The summed E-state index contributed by atoms with van der Waals surface area (Å²) >= 11 is 0. The Morgan fingerprint density at radius 1 is 1.00 bits per heavy atom. The summed E-state index contributed by atoms with van der Waals surface area (Å²) in [6.45, 7) is 0. The summed E-state index contributed by atoms with van der Waals surface area (Å²) in [5.74, 6) is 0.455. The summed E-state index contributed by atoms with van der Waals surface area (Å²) in [7, 11) is 0. The van der Waals surface area contributed by atoms with Crippen molar-refractivity contribution in [2.45, 2.75) is 6.42 Å². The second kappa shape index (κ2) is 5.44. The van der Waals surface area contributed by atoms with Crippen LogP contribution in [0.4, 0.5) is 5.69 Å². The third kappa shape index (κ3) is 2.06. The predicted octanol–water partition coefficient (Wildman–Crippen LogP) is 3.06. The van der Waals surface area contributed by atoms with Crippen LogP contribution in [-0.2, 0) is 9.59 Å². The van der Waals surface area contributed by atoms with Crippen LogP contribution in [0.5, 0.6) is 5.75 Å². The minimum Gasteiger partial charge on any atom is -0.457 e. The lowest BCUT2D eigenvalue weighted by molar-refractivity contribution is -0.124. The number of allylic oxidation sites excluding steroid dienone is 2. The topological polar surface area (TPSA) is 76.8 Å². The van der Waals surface area contributed by atoms with Crippen molar-refractivity contribution in [1.29, 1.82) is 0 Å². The highest BCUT2D eigenvalue weighted by Gasteiger charge is 2.67. The molecule has 1 saturated heterocycles. The van der Waals surface area contributed by atoms with Gasteiger partial charge in [0.2, 0.25) is 17.6 Å². The molecule has 2 aromatic rings. The second-order valence-electron chi connectivity index (χ2n) is 8.03. The fourth-order valence-corrected chi connectivity index (χ4v) is 5.45. The molecule has 0 spiro atoms. The van der Waals surface area contributed by atoms with Gasteiger partial charge in [-0.15, -0.1) is 0 Å². The molecule has 2 saturated carbocycles. The second-order valence-corrected chi connectivity index (χ2v) is 8.03. The van der Waals surface area contributed by atoms with Crippen molar-refractivity contribution >= 4 is 23.5 Å². The van der Waals surface area contributed by atoms with E-state index in [0.29, 0.717) is 17.5 Å². The molecule has 28 heavy (non-hydrogen) atoms. The van der Waals surface area contributed by atoms with E-state index in [-0.39, 0.29) is 47.0 Å². The van der Waals surface area contributed by atoms with E-state index in [2.05, 4.69) is 12.2 Å². The van der Waals surface area contributed by atoms with Crippen LogP contribution >= 0.6 is 0 Å². The summed E-state index contributed by atoms with van der Waals surface area (Å²) in [4.78, 5) is 39.7. The zero-order valence-electron chi connectivity index (χ0n) is 14.9. The van der Waals surface area contributed by atoms with Gasteiger partial charge in [-0.3, -0.25) is 9.59 Å². The van der Waals surface area contributed by atoms with Gasteiger partial charge in [0.15, 0.2) is 0 Å². The van der Waals surface area contributed by atoms with Crippen molar-refractivity contribution in [2.24, 2.45) is 35.5 Å². The summed E-state index contributed by atoms with van der Waals surface area (Å²) in [5.41, 5.74) is 0.446. The van der Waals surface area contributed by atoms with Gasteiger partial charge in [-0.2, -0.15) is 0 Å². The first-order valence-corrected chi connectivity index (χ1v) is 9.55. The molecule has 0 N–H and O–H groups in total. The van der Waals surface area contributed by atoms with Gasteiger partial charge in [-0.05, 0) is 54.4 Å². The van der Waals surface area contributed by atoms with Crippen molar-refractivity contribution in [1.82, 2.24) is 0 Å². The van der Waals surface area contributed by atoms with Gasteiger partial charge in [0.25, 0.3) is 0 Å². The minimum atomic E-state index is -0.628. The lowest BCUT2D eigenvalue weighted by Gasteiger charge is -2.37. The Hall–Kier alpha value is -3.15. The maximum Gasteiger partial charge on any atom is 0.379 e. The zero-order chi connectivity index (χ0) is 19.0. The van der Waals surface area contributed by atoms with Crippen molar-refractivity contribution in [2.75, 3.05) is 4.90 Å². The quantitative estimate of drug-likeness (QED) is 0.357. The van der Waals surface area contributed by atoms with Crippen molar-refractivity contribution in [3.8, 4) is 5.75 Å². The first-order chi connectivity index (χ1) is 13.6. The number of imide groups is 1. The van der Waals surface area contributed by atoms with Gasteiger partial charge in [0.05, 0.1) is 23.8 Å². The molecule has 1 aromatic carbocycles. The van der Waals surface area contributed by atoms with Gasteiger partial charge in [-0.1, -0.05) is 18.2 Å². The molecule has 140 valence electrons. The molecule has 2 amide bonds. The maximum absolute atomic E-state index is 13.2.